The van der Waals surface area contributed by atoms with Gasteiger partial charge in [0, 0.05) is 23.6 Å². The van der Waals surface area contributed by atoms with Gasteiger partial charge in [0.15, 0.2) is 23.7 Å². The third-order valence-electron chi connectivity index (χ3n) is 9.66. The molecule has 2 aromatic rings. The summed E-state index contributed by atoms with van der Waals surface area (Å²) in [5.74, 6) is -7.13. The van der Waals surface area contributed by atoms with Gasteiger partial charge in [-0.3, -0.25) is 9.59 Å². The summed E-state index contributed by atoms with van der Waals surface area (Å²) in [6, 6.07) is 10.3. The minimum atomic E-state index is -2.09. The third-order valence-corrected chi connectivity index (χ3v) is 9.66. The second kappa shape index (κ2) is 12.2. The molecule has 1 spiro atoms. The van der Waals surface area contributed by atoms with E-state index in [0.29, 0.717) is 24.9 Å². The van der Waals surface area contributed by atoms with E-state index in [1.807, 2.05) is 7.05 Å². The van der Waals surface area contributed by atoms with Gasteiger partial charge in [0.25, 0.3) is 0 Å². The number of piperidine rings is 1. The number of aliphatic hydroxyl groups is 2. The van der Waals surface area contributed by atoms with Gasteiger partial charge in [-0.05, 0) is 44.1 Å². The van der Waals surface area contributed by atoms with Gasteiger partial charge in [-0.2, -0.15) is 0 Å². The van der Waals surface area contributed by atoms with Gasteiger partial charge in [-0.15, -0.1) is 0 Å². The fraction of sp³-hybridized carbons (Fsp3) is 0.424. The Balaban J connectivity index is 1.18. The number of aromatic hydroxyl groups is 1. The minimum Gasteiger partial charge on any atom is -0.504 e. The largest absolute Gasteiger partial charge is 0.504 e. The van der Waals surface area contributed by atoms with E-state index in [1.54, 1.807) is 12.1 Å². The van der Waals surface area contributed by atoms with Crippen molar-refractivity contribution in [3.63, 3.8) is 0 Å². The van der Waals surface area contributed by atoms with Crippen molar-refractivity contribution in [2.75, 3.05) is 13.6 Å². The summed E-state index contributed by atoms with van der Waals surface area (Å²) in [4.78, 5) is 63.5. The zero-order valence-corrected chi connectivity index (χ0v) is 25.6. The van der Waals surface area contributed by atoms with Crippen LogP contribution in [0.4, 0.5) is 0 Å². The van der Waals surface area contributed by atoms with Crippen LogP contribution in [-0.4, -0.2) is 104 Å². The summed E-state index contributed by atoms with van der Waals surface area (Å²) in [5.41, 5.74) is -0.766. The van der Waals surface area contributed by atoms with E-state index in [0.717, 1.165) is 5.56 Å². The molecule has 1 fully saturated rings. The Morgan fingerprint density at radius 1 is 1.02 bits per heavy atom. The molecule has 2 aliphatic carbocycles. The number of carbonyl (C=O) groups excluding carboxylic acids is 3. The molecule has 2 aromatic carbocycles. The Morgan fingerprint density at radius 2 is 1.75 bits per heavy atom. The number of phenols is 1. The summed E-state index contributed by atoms with van der Waals surface area (Å²) < 4.78 is 21.8. The quantitative estimate of drug-likeness (QED) is 0.164. The van der Waals surface area contributed by atoms with Crippen LogP contribution in [0.2, 0.25) is 0 Å². The molecule has 254 valence electrons. The van der Waals surface area contributed by atoms with E-state index >= 15 is 0 Å². The minimum absolute atomic E-state index is 0.00673. The van der Waals surface area contributed by atoms with Gasteiger partial charge in [0.05, 0.1) is 23.9 Å². The summed E-state index contributed by atoms with van der Waals surface area (Å²) >= 11 is 0. The maximum atomic E-state index is 13.1. The van der Waals surface area contributed by atoms with Crippen molar-refractivity contribution in [2.45, 2.75) is 73.6 Å². The zero-order valence-electron chi connectivity index (χ0n) is 25.6. The van der Waals surface area contributed by atoms with E-state index < -0.39 is 78.1 Å². The molecule has 48 heavy (non-hydrogen) atoms. The SMILES string of the molecule is CN1CC[C@]23c4c5ccc(O)c4O[C@H]2C(OC(=O)[C@@H](O)CC(=O)O[C@H](C(=O)O[C@H](CC(=O)O)C(=O)O)c2ccccc2)=CC[C@@]3(O)[C@H]1C5. The maximum absolute atomic E-state index is 13.1. The predicted octanol–water partition coefficient (Wildman–Crippen LogP) is 0.720. The molecule has 4 aliphatic rings. The number of likely N-dealkylation sites (N-methyl/N-ethyl adjacent to an activating group) is 1. The Morgan fingerprint density at radius 3 is 2.44 bits per heavy atom. The van der Waals surface area contributed by atoms with Crippen molar-refractivity contribution in [1.82, 2.24) is 4.90 Å². The summed E-state index contributed by atoms with van der Waals surface area (Å²) in [6.45, 7) is 0.589. The van der Waals surface area contributed by atoms with Crippen LogP contribution >= 0.6 is 0 Å². The van der Waals surface area contributed by atoms with Crippen molar-refractivity contribution in [3.8, 4) is 11.5 Å². The van der Waals surface area contributed by atoms with Crippen LogP contribution in [0.3, 0.4) is 0 Å². The number of carboxylic acid groups (broad SMARTS) is 2. The van der Waals surface area contributed by atoms with Gasteiger partial charge in [0.1, 0.15) is 5.76 Å². The van der Waals surface area contributed by atoms with E-state index in [1.165, 1.54) is 36.4 Å². The number of carbonyl (C=O) groups is 5. The molecule has 2 bridgehead atoms. The first-order chi connectivity index (χ1) is 22.8. The van der Waals surface area contributed by atoms with Crippen LogP contribution in [0.25, 0.3) is 0 Å². The number of aliphatic hydroxyl groups excluding tert-OH is 1. The summed E-state index contributed by atoms with van der Waals surface area (Å²) in [5, 5.41) is 51.8. The van der Waals surface area contributed by atoms with E-state index in [4.69, 9.17) is 24.1 Å². The van der Waals surface area contributed by atoms with E-state index in [-0.39, 0.29) is 35.3 Å². The lowest BCUT2D eigenvalue weighted by Crippen LogP contribution is -2.74. The molecule has 0 unspecified atom stereocenters. The highest BCUT2D eigenvalue weighted by Gasteiger charge is 2.72. The standard InChI is InChI=1S/C33H33NO14/c1-34-12-11-32-25-17-7-8-18(35)27(25)48-28(32)20(9-10-33(32,44)22(34)13-17)45-30(42)19(36)14-24(39)47-26(16-5-3-2-4-6-16)31(43)46-21(29(40)41)15-23(37)38/h2-9,19,21-22,26,28,35-36,44H,10-15H2,1H3,(H,37,38)(H,40,41)/t19-,21+,22+,26-,28-,32-,33+/m0/s1. The average Bonchev–Trinajstić information content (AvgIpc) is 3.40. The highest BCUT2D eigenvalue weighted by molar-refractivity contribution is 5.87. The molecule has 2 heterocycles. The molecule has 0 amide bonds. The maximum Gasteiger partial charge on any atom is 0.353 e. The molecule has 1 saturated heterocycles. The van der Waals surface area contributed by atoms with Gasteiger partial charge >= 0.3 is 29.8 Å². The molecule has 0 saturated carbocycles. The van der Waals surface area contributed by atoms with Gasteiger partial charge < -0.3 is 49.4 Å². The second-order valence-electron chi connectivity index (χ2n) is 12.4. The van der Waals surface area contributed by atoms with Crippen molar-refractivity contribution in [1.29, 1.82) is 0 Å². The first kappa shape index (κ1) is 32.9. The first-order valence-corrected chi connectivity index (χ1v) is 15.2. The van der Waals surface area contributed by atoms with Gasteiger partial charge in [-0.1, -0.05) is 36.4 Å². The number of rotatable bonds is 11. The Hall–Kier alpha value is -4.99. The van der Waals surface area contributed by atoms with Gasteiger partial charge in [-0.25, -0.2) is 14.4 Å². The van der Waals surface area contributed by atoms with Crippen molar-refractivity contribution in [3.05, 3.63) is 71.0 Å². The van der Waals surface area contributed by atoms with Crippen molar-refractivity contribution >= 4 is 29.8 Å². The monoisotopic (exact) mass is 667 g/mol. The number of ether oxygens (including phenoxy) is 4. The van der Waals surface area contributed by atoms with Crippen LogP contribution in [0.5, 0.6) is 11.5 Å². The Labute approximate surface area is 272 Å². The van der Waals surface area contributed by atoms with Crippen LogP contribution in [0.1, 0.15) is 48.5 Å². The molecular formula is C33H33NO14. The number of aliphatic carboxylic acids is 2. The third kappa shape index (κ3) is 5.33. The number of nitrogens with zero attached hydrogens (tertiary/aromatic N) is 1. The van der Waals surface area contributed by atoms with E-state index in [2.05, 4.69) is 4.90 Å². The highest BCUT2D eigenvalue weighted by Crippen LogP contribution is 2.65. The number of hydrogen-bond donors (Lipinski definition) is 5. The number of carboxylic acids is 2. The van der Waals surface area contributed by atoms with Crippen LogP contribution < -0.4 is 4.74 Å². The van der Waals surface area contributed by atoms with E-state index in [9.17, 15) is 44.4 Å². The predicted molar refractivity (Wildman–Crippen MR) is 158 cm³/mol. The van der Waals surface area contributed by atoms with Crippen LogP contribution in [0.15, 0.2) is 54.3 Å². The van der Waals surface area contributed by atoms with Gasteiger partial charge in [0.2, 0.25) is 12.2 Å². The fourth-order valence-corrected chi connectivity index (χ4v) is 7.46. The normalized spacial score (nSPS) is 26.9. The lowest BCUT2D eigenvalue weighted by Gasteiger charge is -2.61. The number of hydrogen-bond acceptors (Lipinski definition) is 13. The van der Waals surface area contributed by atoms with Crippen LogP contribution in [-0.2, 0) is 50.0 Å². The number of likely N-dealkylation sites (tertiary alicyclic amines) is 1. The zero-order chi connectivity index (χ0) is 34.5. The molecule has 0 radical (unpaired) electrons. The average molecular weight is 668 g/mol. The first-order valence-electron chi connectivity index (χ1n) is 15.2. The molecular weight excluding hydrogens is 634 g/mol. The van der Waals surface area contributed by atoms with Crippen molar-refractivity contribution < 1.29 is 68.5 Å². The molecule has 15 heteroatoms. The topological polar surface area (TPSA) is 227 Å². The molecule has 5 N–H and O–H groups in total. The van der Waals surface area contributed by atoms with Crippen molar-refractivity contribution in [2.24, 2.45) is 0 Å². The smallest absolute Gasteiger partial charge is 0.353 e. The highest BCUT2D eigenvalue weighted by atomic mass is 16.6. The fourth-order valence-electron chi connectivity index (χ4n) is 7.46. The van der Waals surface area contributed by atoms with Crippen LogP contribution in [0, 0.1) is 0 Å². The number of phenolic OH excluding ortho intramolecular Hbond substituents is 1. The second-order valence-corrected chi connectivity index (χ2v) is 12.4. The summed E-state index contributed by atoms with van der Waals surface area (Å²) in [6.07, 6.45) is -6.57. The molecule has 6 rings (SSSR count). The number of esters is 3. The lowest BCUT2D eigenvalue weighted by atomic mass is 9.50. The Bertz CT molecular complexity index is 1710. The Kier molecular flexibility index (Phi) is 8.39. The lowest BCUT2D eigenvalue weighted by molar-refractivity contribution is -0.181. The number of benzene rings is 2. The molecule has 0 aromatic heterocycles. The molecule has 7 atom stereocenters. The molecule has 2 aliphatic heterocycles. The summed E-state index contributed by atoms with van der Waals surface area (Å²) in [7, 11) is 1.92. The molecule has 15 nitrogen and oxygen atoms in total.